The summed E-state index contributed by atoms with van der Waals surface area (Å²) in [6.07, 6.45) is 7.47. The largest absolute Gasteiger partial charge is 0.350 e. The Bertz CT molecular complexity index is 757. The molecule has 4 aliphatic carbocycles. The Kier molecular flexibility index (Phi) is 3.56. The van der Waals surface area contributed by atoms with Crippen molar-refractivity contribution in [3.63, 3.8) is 0 Å². The van der Waals surface area contributed by atoms with E-state index >= 15 is 0 Å². The molecule has 0 aliphatic heterocycles. The maximum atomic E-state index is 13.0. The minimum Gasteiger partial charge on any atom is -0.350 e. The van der Waals surface area contributed by atoms with Crippen LogP contribution in [-0.4, -0.2) is 15.7 Å². The Hall–Kier alpha value is -1.62. The molecule has 0 saturated heterocycles. The van der Waals surface area contributed by atoms with Gasteiger partial charge >= 0.3 is 0 Å². The Morgan fingerprint density at radius 3 is 2.56 bits per heavy atom. The number of rotatable bonds is 4. The van der Waals surface area contributed by atoms with Crippen LogP contribution in [0.3, 0.4) is 0 Å². The molecular weight excluding hydrogens is 330 g/mol. The topological polar surface area (TPSA) is 46.9 Å². The number of carbonyl (C=O) groups is 1. The molecule has 4 fully saturated rings. The summed E-state index contributed by atoms with van der Waals surface area (Å²) < 4.78 is 1.91. The first-order valence-electron chi connectivity index (χ1n) is 9.46. The fourth-order valence-electron chi connectivity index (χ4n) is 6.02. The van der Waals surface area contributed by atoms with Crippen molar-refractivity contribution in [2.45, 2.75) is 45.1 Å². The van der Waals surface area contributed by atoms with Crippen LogP contribution >= 0.6 is 11.3 Å². The summed E-state index contributed by atoms with van der Waals surface area (Å²) in [5.74, 6) is 2.70. The van der Waals surface area contributed by atoms with E-state index in [0.717, 1.165) is 48.4 Å². The van der Waals surface area contributed by atoms with Crippen LogP contribution in [0.1, 0.15) is 44.2 Å². The van der Waals surface area contributed by atoms with E-state index in [-0.39, 0.29) is 11.3 Å². The van der Waals surface area contributed by atoms with Crippen molar-refractivity contribution in [3.05, 3.63) is 29.3 Å². The third kappa shape index (κ3) is 2.64. The quantitative estimate of drug-likeness (QED) is 0.902. The summed E-state index contributed by atoms with van der Waals surface area (Å²) in [5, 5.41) is 9.90. The molecule has 1 N–H and O–H groups in total. The number of thiophene rings is 1. The minimum atomic E-state index is -0.0693. The molecule has 1 amide bonds. The maximum Gasteiger partial charge on any atom is 0.226 e. The number of hydrogen-bond acceptors (Lipinski definition) is 3. The number of nitrogens with zero attached hydrogens (tertiary/aromatic N) is 2. The van der Waals surface area contributed by atoms with E-state index in [0.29, 0.717) is 6.54 Å². The average Bonchev–Trinajstić information content (AvgIpc) is 3.20. The second-order valence-electron chi connectivity index (χ2n) is 8.50. The van der Waals surface area contributed by atoms with Gasteiger partial charge in [0.15, 0.2) is 0 Å². The van der Waals surface area contributed by atoms with E-state index in [1.165, 1.54) is 24.1 Å². The van der Waals surface area contributed by atoms with Gasteiger partial charge in [-0.15, -0.1) is 11.3 Å². The predicted octanol–water partition coefficient (Wildman–Crippen LogP) is 3.98. The van der Waals surface area contributed by atoms with Crippen LogP contribution in [0.25, 0.3) is 10.6 Å². The molecule has 4 bridgehead atoms. The lowest BCUT2D eigenvalue weighted by Crippen LogP contribution is -2.53. The number of amides is 1. The zero-order chi connectivity index (χ0) is 17.0. The zero-order valence-corrected chi connectivity index (χ0v) is 15.5. The van der Waals surface area contributed by atoms with Gasteiger partial charge < -0.3 is 5.32 Å². The van der Waals surface area contributed by atoms with E-state index in [9.17, 15) is 4.79 Å². The highest BCUT2D eigenvalue weighted by molar-refractivity contribution is 7.13. The van der Waals surface area contributed by atoms with E-state index in [2.05, 4.69) is 34.0 Å². The molecule has 4 aliphatic rings. The van der Waals surface area contributed by atoms with Gasteiger partial charge in [0.05, 0.1) is 22.8 Å². The normalized spacial score (nSPS) is 32.9. The minimum absolute atomic E-state index is 0.0693. The lowest BCUT2D eigenvalue weighted by Gasteiger charge is -2.55. The van der Waals surface area contributed by atoms with Crippen molar-refractivity contribution in [1.82, 2.24) is 15.1 Å². The molecule has 6 rings (SSSR count). The molecule has 0 spiro atoms. The first-order chi connectivity index (χ1) is 12.1. The van der Waals surface area contributed by atoms with Gasteiger partial charge in [-0.3, -0.25) is 9.48 Å². The molecule has 2 aromatic rings. The fourth-order valence-corrected chi connectivity index (χ4v) is 6.79. The van der Waals surface area contributed by atoms with Crippen LogP contribution in [-0.2, 0) is 18.4 Å². The summed E-state index contributed by atoms with van der Waals surface area (Å²) in [4.78, 5) is 14.3. The van der Waals surface area contributed by atoms with Crippen LogP contribution in [0.2, 0.25) is 0 Å². The Labute approximate surface area is 152 Å². The molecule has 4 saturated carbocycles. The summed E-state index contributed by atoms with van der Waals surface area (Å²) in [5.41, 5.74) is 2.00. The monoisotopic (exact) mass is 355 g/mol. The van der Waals surface area contributed by atoms with Crippen molar-refractivity contribution < 1.29 is 4.79 Å². The molecule has 2 heterocycles. The standard InChI is InChI=1S/C20H25N3OS/c1-23-17(18-3-2-4-25-18)8-16(22-23)12-21-19(24)20-9-13-5-14(10-20)7-15(6-13)11-20/h2-4,8,13-15H,5-7,9-12H2,1H3,(H,21,24). The highest BCUT2D eigenvalue weighted by atomic mass is 32.1. The van der Waals surface area contributed by atoms with Crippen molar-refractivity contribution in [3.8, 4) is 10.6 Å². The van der Waals surface area contributed by atoms with E-state index in [1.54, 1.807) is 11.3 Å². The Morgan fingerprint density at radius 2 is 1.96 bits per heavy atom. The van der Waals surface area contributed by atoms with Gasteiger partial charge in [-0.05, 0) is 73.8 Å². The van der Waals surface area contributed by atoms with Gasteiger partial charge in [-0.2, -0.15) is 5.10 Å². The molecule has 5 heteroatoms. The number of aromatic nitrogens is 2. The maximum absolute atomic E-state index is 13.0. The van der Waals surface area contributed by atoms with Crippen LogP contribution in [0.5, 0.6) is 0 Å². The second-order valence-corrected chi connectivity index (χ2v) is 9.45. The molecule has 0 radical (unpaired) electrons. The Morgan fingerprint density at radius 1 is 1.28 bits per heavy atom. The van der Waals surface area contributed by atoms with Gasteiger partial charge in [0.25, 0.3) is 0 Å². The first-order valence-corrected chi connectivity index (χ1v) is 10.3. The number of aryl methyl sites for hydroxylation is 1. The molecular formula is C20H25N3OS. The van der Waals surface area contributed by atoms with Crippen molar-refractivity contribution in [2.75, 3.05) is 0 Å². The molecule has 2 aromatic heterocycles. The average molecular weight is 356 g/mol. The third-order valence-electron chi connectivity index (χ3n) is 6.65. The van der Waals surface area contributed by atoms with E-state index in [4.69, 9.17) is 0 Å². The van der Waals surface area contributed by atoms with Crippen LogP contribution < -0.4 is 5.32 Å². The van der Waals surface area contributed by atoms with Crippen LogP contribution in [0, 0.1) is 23.2 Å². The number of hydrogen-bond donors (Lipinski definition) is 1. The van der Waals surface area contributed by atoms with Gasteiger partial charge in [0.1, 0.15) is 0 Å². The van der Waals surface area contributed by atoms with Crippen molar-refractivity contribution >= 4 is 17.2 Å². The number of nitrogens with one attached hydrogen (secondary N) is 1. The molecule has 0 aromatic carbocycles. The number of carbonyl (C=O) groups excluding carboxylic acids is 1. The van der Waals surface area contributed by atoms with Crippen LogP contribution in [0.4, 0.5) is 0 Å². The smallest absolute Gasteiger partial charge is 0.226 e. The highest BCUT2D eigenvalue weighted by Gasteiger charge is 2.54. The fraction of sp³-hybridized carbons (Fsp3) is 0.600. The highest BCUT2D eigenvalue weighted by Crippen LogP contribution is 2.60. The predicted molar refractivity (Wildman–Crippen MR) is 99.0 cm³/mol. The van der Waals surface area contributed by atoms with Crippen molar-refractivity contribution in [1.29, 1.82) is 0 Å². The molecule has 0 atom stereocenters. The summed E-state index contributed by atoms with van der Waals surface area (Å²) >= 11 is 1.72. The Balaban J connectivity index is 1.29. The van der Waals surface area contributed by atoms with E-state index < -0.39 is 0 Å². The van der Waals surface area contributed by atoms with Crippen molar-refractivity contribution in [2.24, 2.45) is 30.2 Å². The van der Waals surface area contributed by atoms with Gasteiger partial charge in [-0.1, -0.05) is 6.07 Å². The SMILES string of the molecule is Cn1nc(CNC(=O)C23CC4CC(CC(C4)C2)C3)cc1-c1cccs1. The summed E-state index contributed by atoms with van der Waals surface area (Å²) in [7, 11) is 1.97. The van der Waals surface area contributed by atoms with E-state index in [1.807, 2.05) is 11.7 Å². The zero-order valence-electron chi connectivity index (χ0n) is 14.7. The molecule has 25 heavy (non-hydrogen) atoms. The summed E-state index contributed by atoms with van der Waals surface area (Å²) in [6.45, 7) is 0.541. The van der Waals surface area contributed by atoms with Gasteiger partial charge in [-0.25, -0.2) is 0 Å². The van der Waals surface area contributed by atoms with Gasteiger partial charge in [0, 0.05) is 12.5 Å². The molecule has 132 valence electrons. The third-order valence-corrected chi connectivity index (χ3v) is 7.55. The second kappa shape index (κ2) is 5.70. The molecule has 4 nitrogen and oxygen atoms in total. The molecule has 0 unspecified atom stereocenters. The summed E-state index contributed by atoms with van der Waals surface area (Å²) in [6, 6.07) is 6.27. The van der Waals surface area contributed by atoms with Crippen LogP contribution in [0.15, 0.2) is 23.6 Å². The van der Waals surface area contributed by atoms with Gasteiger partial charge in [0.2, 0.25) is 5.91 Å². The lowest BCUT2D eigenvalue weighted by molar-refractivity contribution is -0.146. The first kappa shape index (κ1) is 15.6. The lowest BCUT2D eigenvalue weighted by atomic mass is 9.49.